The van der Waals surface area contributed by atoms with Gasteiger partial charge in [0.05, 0.1) is 18.8 Å². The van der Waals surface area contributed by atoms with E-state index in [0.29, 0.717) is 5.69 Å². The Kier molecular flexibility index (Phi) is 3.01. The van der Waals surface area contributed by atoms with Crippen LogP contribution in [0, 0.1) is 0 Å². The van der Waals surface area contributed by atoms with Gasteiger partial charge in [-0.2, -0.15) is 0 Å². The lowest BCUT2D eigenvalue weighted by Crippen LogP contribution is -2.52. The van der Waals surface area contributed by atoms with Crippen molar-refractivity contribution in [1.82, 2.24) is 5.32 Å². The molecule has 16 heavy (non-hydrogen) atoms. The van der Waals surface area contributed by atoms with E-state index in [2.05, 4.69) is 12.2 Å². The summed E-state index contributed by atoms with van der Waals surface area (Å²) in [5, 5.41) is 2.77. The van der Waals surface area contributed by atoms with Gasteiger partial charge in [-0.25, -0.2) is 4.90 Å². The molecule has 1 aromatic rings. The Balaban J connectivity index is 2.27. The van der Waals surface area contributed by atoms with Crippen molar-refractivity contribution in [3.8, 4) is 0 Å². The zero-order valence-corrected chi connectivity index (χ0v) is 9.19. The summed E-state index contributed by atoms with van der Waals surface area (Å²) in [6.07, 6.45) is 0.948. The number of anilines is 1. The van der Waals surface area contributed by atoms with Gasteiger partial charge in [-0.15, -0.1) is 0 Å². The van der Waals surface area contributed by atoms with Crippen LogP contribution in [0.25, 0.3) is 0 Å². The number of rotatable bonds is 2. The Bertz CT molecular complexity index is 396. The zero-order chi connectivity index (χ0) is 11.5. The first-order valence-corrected chi connectivity index (χ1v) is 5.38. The number of imide groups is 1. The number of piperazine rings is 1. The molecule has 0 unspecified atom stereocenters. The van der Waals surface area contributed by atoms with Gasteiger partial charge in [0.15, 0.2) is 0 Å². The predicted molar refractivity (Wildman–Crippen MR) is 61.2 cm³/mol. The van der Waals surface area contributed by atoms with Crippen LogP contribution in [0.4, 0.5) is 5.69 Å². The zero-order valence-electron chi connectivity index (χ0n) is 9.19. The Hall–Kier alpha value is -1.68. The number of hydrogen-bond acceptors (Lipinski definition) is 3. The third-order valence-electron chi connectivity index (χ3n) is 2.65. The number of hydrogen-bond donors (Lipinski definition) is 1. The van der Waals surface area contributed by atoms with E-state index < -0.39 is 0 Å². The van der Waals surface area contributed by atoms with E-state index in [4.69, 9.17) is 0 Å². The molecule has 1 saturated heterocycles. The first-order chi connectivity index (χ1) is 7.72. The number of carbonyl (C=O) groups is 2. The Morgan fingerprint density at radius 3 is 2.19 bits per heavy atom. The molecule has 1 fully saturated rings. The highest BCUT2D eigenvalue weighted by Crippen LogP contribution is 2.17. The average Bonchev–Trinajstić information content (AvgIpc) is 2.30. The van der Waals surface area contributed by atoms with Crippen molar-refractivity contribution >= 4 is 17.5 Å². The minimum Gasteiger partial charge on any atom is -0.300 e. The van der Waals surface area contributed by atoms with E-state index in [1.165, 1.54) is 10.5 Å². The lowest BCUT2D eigenvalue weighted by atomic mass is 10.1. The first-order valence-electron chi connectivity index (χ1n) is 5.38. The summed E-state index contributed by atoms with van der Waals surface area (Å²) in [5.41, 5.74) is 1.85. The van der Waals surface area contributed by atoms with Crippen molar-refractivity contribution in [2.24, 2.45) is 0 Å². The van der Waals surface area contributed by atoms with E-state index in [0.717, 1.165) is 6.42 Å². The molecule has 0 spiro atoms. The highest BCUT2D eigenvalue weighted by molar-refractivity contribution is 6.17. The lowest BCUT2D eigenvalue weighted by Gasteiger charge is -2.25. The van der Waals surface area contributed by atoms with E-state index in [9.17, 15) is 9.59 Å². The van der Waals surface area contributed by atoms with Crippen LogP contribution >= 0.6 is 0 Å². The molecule has 1 aromatic carbocycles. The van der Waals surface area contributed by atoms with Crippen molar-refractivity contribution < 1.29 is 9.59 Å². The van der Waals surface area contributed by atoms with E-state index in [-0.39, 0.29) is 24.9 Å². The van der Waals surface area contributed by atoms with E-state index >= 15 is 0 Å². The second kappa shape index (κ2) is 4.45. The van der Waals surface area contributed by atoms with Gasteiger partial charge >= 0.3 is 0 Å². The number of benzene rings is 1. The highest BCUT2D eigenvalue weighted by atomic mass is 16.2. The first kappa shape index (κ1) is 10.8. The number of nitrogens with one attached hydrogen (secondary N) is 1. The molecule has 2 amide bonds. The van der Waals surface area contributed by atoms with E-state index in [1.54, 1.807) is 0 Å². The monoisotopic (exact) mass is 218 g/mol. The number of carbonyl (C=O) groups excluding carboxylic acids is 2. The molecule has 0 aromatic heterocycles. The van der Waals surface area contributed by atoms with Crippen LogP contribution in [0.1, 0.15) is 12.5 Å². The molecule has 2 rings (SSSR count). The number of aryl methyl sites for hydroxylation is 1. The van der Waals surface area contributed by atoms with Crippen LogP contribution in [0.2, 0.25) is 0 Å². The molecule has 4 heteroatoms. The van der Waals surface area contributed by atoms with Gasteiger partial charge in [0, 0.05) is 0 Å². The molecule has 1 N–H and O–H groups in total. The van der Waals surface area contributed by atoms with Gasteiger partial charge < -0.3 is 0 Å². The van der Waals surface area contributed by atoms with Gasteiger partial charge in [-0.1, -0.05) is 19.1 Å². The quantitative estimate of drug-likeness (QED) is 0.744. The Labute approximate surface area is 94.2 Å². The predicted octanol–water partition coefficient (Wildman–Crippen LogP) is 0.712. The molecule has 1 aliphatic heterocycles. The Morgan fingerprint density at radius 2 is 1.69 bits per heavy atom. The highest BCUT2D eigenvalue weighted by Gasteiger charge is 2.26. The van der Waals surface area contributed by atoms with Crippen LogP contribution in [-0.4, -0.2) is 24.9 Å². The fourth-order valence-electron chi connectivity index (χ4n) is 1.74. The van der Waals surface area contributed by atoms with E-state index in [1.807, 2.05) is 24.3 Å². The maximum absolute atomic E-state index is 11.6. The molecular weight excluding hydrogens is 204 g/mol. The van der Waals surface area contributed by atoms with Crippen molar-refractivity contribution in [3.05, 3.63) is 29.8 Å². The van der Waals surface area contributed by atoms with Gasteiger partial charge in [0.2, 0.25) is 11.8 Å². The number of nitrogens with zero attached hydrogens (tertiary/aromatic N) is 1. The van der Waals surface area contributed by atoms with Crippen molar-refractivity contribution in [2.75, 3.05) is 18.0 Å². The largest absolute Gasteiger partial charge is 0.300 e. The summed E-state index contributed by atoms with van der Waals surface area (Å²) in [6, 6.07) is 7.52. The third-order valence-corrected chi connectivity index (χ3v) is 2.65. The van der Waals surface area contributed by atoms with Crippen LogP contribution < -0.4 is 10.2 Å². The van der Waals surface area contributed by atoms with Crippen LogP contribution in [-0.2, 0) is 16.0 Å². The van der Waals surface area contributed by atoms with Gasteiger partial charge in [-0.05, 0) is 24.1 Å². The van der Waals surface area contributed by atoms with Crippen molar-refractivity contribution in [2.45, 2.75) is 13.3 Å². The summed E-state index contributed by atoms with van der Waals surface area (Å²) >= 11 is 0. The minimum atomic E-state index is -0.194. The van der Waals surface area contributed by atoms with Crippen LogP contribution in [0.5, 0.6) is 0 Å². The molecule has 84 valence electrons. The van der Waals surface area contributed by atoms with Gasteiger partial charge in [-0.3, -0.25) is 14.9 Å². The summed E-state index contributed by atoms with van der Waals surface area (Å²) in [4.78, 5) is 24.5. The van der Waals surface area contributed by atoms with Gasteiger partial charge in [0.25, 0.3) is 0 Å². The smallest absolute Gasteiger partial charge is 0.247 e. The second-order valence-corrected chi connectivity index (χ2v) is 3.75. The fraction of sp³-hybridized carbons (Fsp3) is 0.333. The number of amides is 2. The maximum Gasteiger partial charge on any atom is 0.247 e. The molecule has 1 aliphatic rings. The standard InChI is InChI=1S/C12H14N2O2/c1-2-9-3-5-10(6-4-9)14-11(15)7-13-8-12(14)16/h3-6,13H,2,7-8H2,1H3. The Morgan fingerprint density at radius 1 is 1.12 bits per heavy atom. The minimum absolute atomic E-state index is 0.194. The molecule has 4 nitrogen and oxygen atoms in total. The fourth-order valence-corrected chi connectivity index (χ4v) is 1.74. The van der Waals surface area contributed by atoms with Crippen molar-refractivity contribution in [1.29, 1.82) is 0 Å². The van der Waals surface area contributed by atoms with Crippen molar-refractivity contribution in [3.63, 3.8) is 0 Å². The summed E-state index contributed by atoms with van der Waals surface area (Å²) < 4.78 is 0. The molecular formula is C12H14N2O2. The molecule has 1 heterocycles. The normalized spacial score (nSPS) is 16.7. The summed E-state index contributed by atoms with van der Waals surface area (Å²) in [6.45, 7) is 2.51. The average molecular weight is 218 g/mol. The molecule has 0 radical (unpaired) electrons. The SMILES string of the molecule is CCc1ccc(N2C(=O)CNCC2=O)cc1. The van der Waals surface area contributed by atoms with Crippen LogP contribution in [0.3, 0.4) is 0 Å². The molecule has 0 saturated carbocycles. The third kappa shape index (κ3) is 1.97. The summed E-state index contributed by atoms with van der Waals surface area (Å²) in [7, 11) is 0. The second-order valence-electron chi connectivity index (χ2n) is 3.75. The lowest BCUT2D eigenvalue weighted by molar-refractivity contribution is -0.127. The molecule has 0 atom stereocenters. The van der Waals surface area contributed by atoms with Crippen LogP contribution in [0.15, 0.2) is 24.3 Å². The molecule has 0 aliphatic carbocycles. The molecule has 0 bridgehead atoms. The topological polar surface area (TPSA) is 49.4 Å². The maximum atomic E-state index is 11.6. The van der Waals surface area contributed by atoms with Gasteiger partial charge in [0.1, 0.15) is 0 Å². The summed E-state index contributed by atoms with van der Waals surface area (Å²) in [5.74, 6) is -0.388.